The van der Waals surface area contributed by atoms with Crippen LogP contribution >= 0.6 is 35.8 Å². The lowest BCUT2D eigenvalue weighted by atomic mass is 10.8. The number of thiol groups is 1. The normalized spacial score (nSPS) is 6.86. The third-order valence-corrected chi connectivity index (χ3v) is 0.387. The maximum Gasteiger partial charge on any atom is 0.0967 e. The summed E-state index contributed by atoms with van der Waals surface area (Å²) in [4.78, 5) is 0. The number of nitrogens with two attached hydrogens (primary N) is 1. The minimum absolute atomic E-state index is 0.194. The monoisotopic (exact) mass is 161 g/mol. The van der Waals surface area contributed by atoms with Crippen molar-refractivity contribution in [3.8, 4) is 0 Å². The van der Waals surface area contributed by atoms with Gasteiger partial charge in [0.2, 0.25) is 0 Å². The van der Waals surface area contributed by atoms with E-state index in [9.17, 15) is 0 Å². The molecule has 0 rings (SSSR count). The fraction of sp³-hybridized carbons (Fsp3) is 1.00. The molecule has 0 atom stereocenters. The molecule has 1 nitrogen and oxygen atoms in total. The summed E-state index contributed by atoms with van der Waals surface area (Å²) in [5.41, 5.74) is 4.95. The molecule has 0 saturated carbocycles. The van der Waals surface area contributed by atoms with E-state index in [0.29, 0.717) is 6.54 Å². The Labute approximate surface area is 59.6 Å². The summed E-state index contributed by atoms with van der Waals surface area (Å²) < 4.78 is 0. The Kier molecular flexibility index (Phi) is 24.4. The van der Waals surface area contributed by atoms with Gasteiger partial charge in [0.05, 0.1) is 5.34 Å². The Morgan fingerprint density at radius 2 is 1.57 bits per heavy atom. The highest BCUT2D eigenvalue weighted by Gasteiger charge is 1.56. The number of halogens is 2. The zero-order valence-corrected chi connectivity index (χ0v) is 6.31. The van der Waals surface area contributed by atoms with Crippen molar-refractivity contribution in [3.63, 3.8) is 0 Å². The molecule has 0 spiro atoms. The van der Waals surface area contributed by atoms with Crippen LogP contribution in [0, 0.1) is 0 Å². The zero-order chi connectivity index (χ0) is 6.12. The third-order valence-electron chi connectivity index (χ3n) is 0.129. The summed E-state index contributed by atoms with van der Waals surface area (Å²) in [6, 6.07) is 0. The van der Waals surface area contributed by atoms with Gasteiger partial charge in [0.15, 0.2) is 0 Å². The molecule has 0 aliphatic rings. The Morgan fingerprint density at radius 3 is 1.57 bits per heavy atom. The molecule has 7 heavy (non-hydrogen) atoms. The lowest BCUT2D eigenvalue weighted by molar-refractivity contribution is 1.16. The number of hydrogen-bond acceptors (Lipinski definition) is 2. The minimum Gasteiger partial charge on any atom is -0.330 e. The van der Waals surface area contributed by atoms with E-state index in [0.717, 1.165) is 5.75 Å². The summed E-state index contributed by atoms with van der Waals surface area (Å²) in [6.07, 6.45) is 0. The Morgan fingerprint density at radius 1 is 1.43 bits per heavy atom. The first kappa shape index (κ1) is 10.8. The van der Waals surface area contributed by atoms with Crippen LogP contribution in [0.3, 0.4) is 0 Å². The van der Waals surface area contributed by atoms with Crippen LogP contribution in [0.15, 0.2) is 0 Å². The maximum atomic E-state index is 4.95. The van der Waals surface area contributed by atoms with Crippen LogP contribution in [0.4, 0.5) is 0 Å². The molecule has 0 unspecified atom stereocenters. The third kappa shape index (κ3) is 46.1. The van der Waals surface area contributed by atoms with E-state index in [-0.39, 0.29) is 5.34 Å². The van der Waals surface area contributed by atoms with E-state index in [1.165, 1.54) is 0 Å². The van der Waals surface area contributed by atoms with Crippen LogP contribution in [0.2, 0.25) is 0 Å². The van der Waals surface area contributed by atoms with Gasteiger partial charge in [-0.1, -0.05) is 0 Å². The number of rotatable bonds is 1. The van der Waals surface area contributed by atoms with Gasteiger partial charge < -0.3 is 5.73 Å². The second kappa shape index (κ2) is 15.8. The summed E-state index contributed by atoms with van der Waals surface area (Å²) in [5.74, 6) is 0.792. The quantitative estimate of drug-likeness (QED) is 0.441. The topological polar surface area (TPSA) is 26.0 Å². The molecular weight excluding hydrogens is 153 g/mol. The van der Waals surface area contributed by atoms with Crippen molar-refractivity contribution >= 4 is 35.8 Å². The van der Waals surface area contributed by atoms with Gasteiger partial charge in [0, 0.05) is 12.3 Å². The van der Waals surface area contributed by atoms with Gasteiger partial charge in [-0.15, -0.1) is 23.2 Å². The summed E-state index contributed by atoms with van der Waals surface area (Å²) in [7, 11) is 0. The first-order valence-electron chi connectivity index (χ1n) is 1.76. The second-order valence-electron chi connectivity index (χ2n) is 0.613. The summed E-state index contributed by atoms with van der Waals surface area (Å²) in [5, 5.41) is 0.194. The molecule has 46 valence electrons. The van der Waals surface area contributed by atoms with Crippen molar-refractivity contribution in [1.82, 2.24) is 0 Å². The van der Waals surface area contributed by atoms with Crippen molar-refractivity contribution < 1.29 is 0 Å². The largest absolute Gasteiger partial charge is 0.330 e. The number of alkyl halides is 2. The zero-order valence-electron chi connectivity index (χ0n) is 3.90. The van der Waals surface area contributed by atoms with E-state index >= 15 is 0 Å². The highest BCUT2D eigenvalue weighted by Crippen LogP contribution is 1.73. The molecule has 0 aliphatic carbocycles. The molecule has 4 heteroatoms. The number of hydrogen-bond donors (Lipinski definition) is 2. The lowest BCUT2D eigenvalue weighted by Gasteiger charge is -1.69. The maximum absolute atomic E-state index is 4.95. The van der Waals surface area contributed by atoms with Crippen LogP contribution < -0.4 is 5.73 Å². The highest BCUT2D eigenvalue weighted by molar-refractivity contribution is 7.80. The van der Waals surface area contributed by atoms with E-state index in [4.69, 9.17) is 28.9 Å². The Hall–Kier alpha value is 0.890. The molecule has 0 aliphatic heterocycles. The van der Waals surface area contributed by atoms with Crippen molar-refractivity contribution in [2.75, 3.05) is 17.6 Å². The van der Waals surface area contributed by atoms with Gasteiger partial charge in [0.1, 0.15) is 0 Å². The van der Waals surface area contributed by atoms with Gasteiger partial charge in [-0.2, -0.15) is 12.6 Å². The van der Waals surface area contributed by atoms with Crippen LogP contribution in [0.5, 0.6) is 0 Å². The molecule has 0 radical (unpaired) electrons. The lowest BCUT2D eigenvalue weighted by Crippen LogP contribution is -1.97. The molecule has 0 bridgehead atoms. The van der Waals surface area contributed by atoms with Crippen LogP contribution in [0.25, 0.3) is 0 Å². The minimum atomic E-state index is 0.194. The van der Waals surface area contributed by atoms with Gasteiger partial charge >= 0.3 is 0 Å². The van der Waals surface area contributed by atoms with Crippen molar-refractivity contribution in [2.24, 2.45) is 5.73 Å². The van der Waals surface area contributed by atoms with Crippen LogP contribution in [-0.2, 0) is 0 Å². The molecule has 0 saturated heterocycles. The van der Waals surface area contributed by atoms with Crippen LogP contribution in [-0.4, -0.2) is 17.6 Å². The summed E-state index contributed by atoms with van der Waals surface area (Å²) in [6.45, 7) is 0.684. The second-order valence-corrected chi connectivity index (χ2v) is 1.87. The standard InChI is InChI=1S/C2H7NS.CH2Cl2/c3-1-2-4;2-1-3/h4H,1-3H2;1H2. The van der Waals surface area contributed by atoms with Crippen molar-refractivity contribution in [2.45, 2.75) is 0 Å². The van der Waals surface area contributed by atoms with E-state index < -0.39 is 0 Å². The smallest absolute Gasteiger partial charge is 0.0967 e. The molecular formula is C3H9Cl2NS. The van der Waals surface area contributed by atoms with Gasteiger partial charge in [-0.25, -0.2) is 0 Å². The fourth-order valence-corrected chi connectivity index (χ4v) is 0. The van der Waals surface area contributed by atoms with E-state index in [1.807, 2.05) is 0 Å². The predicted molar refractivity (Wildman–Crippen MR) is 39.5 cm³/mol. The molecule has 0 aromatic carbocycles. The molecule has 2 N–H and O–H groups in total. The SMILES string of the molecule is ClCCl.NCCS. The van der Waals surface area contributed by atoms with Crippen molar-refractivity contribution in [3.05, 3.63) is 0 Å². The predicted octanol–water partition coefficient (Wildman–Crippen LogP) is 1.30. The first-order chi connectivity index (χ1) is 3.33. The molecule has 0 aromatic rings. The van der Waals surface area contributed by atoms with E-state index in [1.54, 1.807) is 0 Å². The Balaban J connectivity index is 0. The van der Waals surface area contributed by atoms with Crippen molar-refractivity contribution in [1.29, 1.82) is 0 Å². The average molecular weight is 162 g/mol. The average Bonchev–Trinajstić information content (AvgIpc) is 1.69. The highest BCUT2D eigenvalue weighted by atomic mass is 35.5. The van der Waals surface area contributed by atoms with E-state index in [2.05, 4.69) is 12.6 Å². The van der Waals surface area contributed by atoms with Gasteiger partial charge in [0.25, 0.3) is 0 Å². The fourth-order valence-electron chi connectivity index (χ4n) is 0. The molecule has 0 amide bonds. The van der Waals surface area contributed by atoms with Gasteiger partial charge in [-0.05, 0) is 0 Å². The van der Waals surface area contributed by atoms with Crippen LogP contribution in [0.1, 0.15) is 0 Å². The summed E-state index contributed by atoms with van der Waals surface area (Å²) >= 11 is 13.3. The van der Waals surface area contributed by atoms with Gasteiger partial charge in [-0.3, -0.25) is 0 Å². The molecule has 0 heterocycles. The molecule has 0 fully saturated rings. The Bertz CT molecular complexity index is 20.4. The molecule has 0 aromatic heterocycles. The first-order valence-corrected chi connectivity index (χ1v) is 3.46.